The molecule has 0 aliphatic rings. The van der Waals surface area contributed by atoms with Gasteiger partial charge >= 0.3 is 0 Å². The van der Waals surface area contributed by atoms with Gasteiger partial charge in [-0.3, -0.25) is 10.2 Å². The van der Waals surface area contributed by atoms with E-state index in [2.05, 4.69) is 5.43 Å². The van der Waals surface area contributed by atoms with Crippen molar-refractivity contribution in [2.75, 3.05) is 27.8 Å². The number of carbonyl (C=O) groups is 1. The predicted octanol–water partition coefficient (Wildman–Crippen LogP) is 1.42. The van der Waals surface area contributed by atoms with E-state index in [1.165, 1.54) is 11.1 Å². The number of carbonyl (C=O) groups excluding carboxylic acids is 1. The highest BCUT2D eigenvalue weighted by atomic mass is 16.5. The van der Waals surface area contributed by atoms with Gasteiger partial charge in [0.25, 0.3) is 5.91 Å². The molecule has 1 aromatic carbocycles. The van der Waals surface area contributed by atoms with Gasteiger partial charge in [0.2, 0.25) is 0 Å². The first kappa shape index (κ1) is 15.5. The molecule has 0 fully saturated rings. The van der Waals surface area contributed by atoms with E-state index in [-0.39, 0.29) is 12.5 Å². The first-order valence-corrected chi connectivity index (χ1v) is 6.12. The van der Waals surface area contributed by atoms with E-state index in [0.29, 0.717) is 6.61 Å². The Bertz CT molecular complexity index is 445. The molecule has 0 radical (unpaired) electrons. The van der Waals surface area contributed by atoms with Gasteiger partial charge in [0.05, 0.1) is 13.7 Å². The Morgan fingerprint density at radius 2 is 1.89 bits per heavy atom. The summed E-state index contributed by atoms with van der Waals surface area (Å²) in [5.74, 6) is 0.615. The van der Waals surface area contributed by atoms with E-state index < -0.39 is 0 Å². The molecule has 0 bridgehead atoms. The maximum Gasteiger partial charge on any atom is 0.260 e. The summed E-state index contributed by atoms with van der Waals surface area (Å²) in [6, 6.07) is 4.01. The van der Waals surface area contributed by atoms with Crippen molar-refractivity contribution in [3.8, 4) is 5.75 Å². The number of hydrazine groups is 1. The molecule has 19 heavy (non-hydrogen) atoms. The summed E-state index contributed by atoms with van der Waals surface area (Å²) < 4.78 is 10.7. The summed E-state index contributed by atoms with van der Waals surface area (Å²) in [7, 11) is 5.14. The van der Waals surface area contributed by atoms with Crippen molar-refractivity contribution in [2.45, 2.75) is 20.5 Å². The zero-order valence-corrected chi connectivity index (χ0v) is 12.2. The Hall–Kier alpha value is -1.59. The lowest BCUT2D eigenvalue weighted by Crippen LogP contribution is -2.38. The average Bonchev–Trinajstić information content (AvgIpc) is 2.32. The van der Waals surface area contributed by atoms with Crippen LogP contribution in [0.2, 0.25) is 0 Å². The maximum atomic E-state index is 11.4. The minimum atomic E-state index is -0.173. The van der Waals surface area contributed by atoms with Crippen molar-refractivity contribution >= 4 is 5.91 Å². The molecule has 5 nitrogen and oxygen atoms in total. The van der Waals surface area contributed by atoms with E-state index >= 15 is 0 Å². The van der Waals surface area contributed by atoms with Crippen LogP contribution in [0.15, 0.2) is 12.1 Å². The van der Waals surface area contributed by atoms with Gasteiger partial charge < -0.3 is 9.47 Å². The summed E-state index contributed by atoms with van der Waals surface area (Å²) in [5, 5.41) is 1.59. The molecule has 0 aliphatic carbocycles. The highest BCUT2D eigenvalue weighted by Gasteiger charge is 2.08. The van der Waals surface area contributed by atoms with Crippen molar-refractivity contribution in [3.05, 3.63) is 28.8 Å². The molecule has 0 aromatic heterocycles. The van der Waals surface area contributed by atoms with Crippen LogP contribution in [0.1, 0.15) is 16.7 Å². The Balaban J connectivity index is 2.58. The van der Waals surface area contributed by atoms with Crippen LogP contribution in [0.3, 0.4) is 0 Å². The van der Waals surface area contributed by atoms with Crippen LogP contribution in [0.4, 0.5) is 0 Å². The minimum Gasteiger partial charge on any atom is -0.496 e. The van der Waals surface area contributed by atoms with Gasteiger partial charge in [-0.05, 0) is 37.1 Å². The fourth-order valence-electron chi connectivity index (χ4n) is 1.69. The number of nitrogens with zero attached hydrogens (tertiary/aromatic N) is 1. The lowest BCUT2D eigenvalue weighted by Gasteiger charge is -2.14. The van der Waals surface area contributed by atoms with Crippen molar-refractivity contribution in [2.24, 2.45) is 0 Å². The number of hydrogen-bond acceptors (Lipinski definition) is 4. The number of benzene rings is 1. The van der Waals surface area contributed by atoms with E-state index in [9.17, 15) is 4.79 Å². The van der Waals surface area contributed by atoms with Gasteiger partial charge in [-0.25, -0.2) is 5.01 Å². The molecule has 0 unspecified atom stereocenters. The smallest absolute Gasteiger partial charge is 0.260 e. The van der Waals surface area contributed by atoms with Crippen LogP contribution in [0, 0.1) is 13.8 Å². The highest BCUT2D eigenvalue weighted by molar-refractivity contribution is 5.76. The van der Waals surface area contributed by atoms with E-state index in [4.69, 9.17) is 9.47 Å². The lowest BCUT2D eigenvalue weighted by molar-refractivity contribution is -0.129. The number of nitrogens with one attached hydrogen (secondary N) is 1. The average molecular weight is 266 g/mol. The largest absolute Gasteiger partial charge is 0.496 e. The third-order valence-corrected chi connectivity index (χ3v) is 2.74. The summed E-state index contributed by atoms with van der Waals surface area (Å²) in [6.07, 6.45) is 0. The van der Waals surface area contributed by atoms with E-state index in [0.717, 1.165) is 11.3 Å². The second kappa shape index (κ2) is 7.11. The Morgan fingerprint density at radius 3 is 2.47 bits per heavy atom. The third-order valence-electron chi connectivity index (χ3n) is 2.74. The maximum absolute atomic E-state index is 11.4. The molecule has 1 N–H and O–H groups in total. The molecule has 0 aliphatic heterocycles. The molecule has 5 heteroatoms. The minimum absolute atomic E-state index is 0.0221. The van der Waals surface area contributed by atoms with E-state index in [1.54, 1.807) is 26.2 Å². The monoisotopic (exact) mass is 266 g/mol. The quantitative estimate of drug-likeness (QED) is 0.791. The molecular weight excluding hydrogens is 244 g/mol. The van der Waals surface area contributed by atoms with Crippen LogP contribution in [0.25, 0.3) is 0 Å². The van der Waals surface area contributed by atoms with Gasteiger partial charge in [0.15, 0.2) is 0 Å². The van der Waals surface area contributed by atoms with Crippen molar-refractivity contribution in [1.29, 1.82) is 0 Å². The zero-order valence-electron chi connectivity index (χ0n) is 12.2. The highest BCUT2D eigenvalue weighted by Crippen LogP contribution is 2.23. The fourth-order valence-corrected chi connectivity index (χ4v) is 1.69. The number of aryl methyl sites for hydroxylation is 2. The Labute approximate surface area is 114 Å². The van der Waals surface area contributed by atoms with Crippen molar-refractivity contribution in [3.63, 3.8) is 0 Å². The molecule has 0 atom stereocenters. The third kappa shape index (κ3) is 4.89. The number of hydrogen-bond donors (Lipinski definition) is 1. The zero-order chi connectivity index (χ0) is 14.4. The van der Waals surface area contributed by atoms with Gasteiger partial charge in [-0.15, -0.1) is 0 Å². The Morgan fingerprint density at radius 1 is 1.26 bits per heavy atom. The van der Waals surface area contributed by atoms with Crippen molar-refractivity contribution in [1.82, 2.24) is 10.4 Å². The molecule has 1 aromatic rings. The predicted molar refractivity (Wildman–Crippen MR) is 74.0 cm³/mol. The van der Waals surface area contributed by atoms with Crippen LogP contribution in [0.5, 0.6) is 5.75 Å². The van der Waals surface area contributed by atoms with Crippen molar-refractivity contribution < 1.29 is 14.3 Å². The second-order valence-corrected chi connectivity index (χ2v) is 4.67. The normalized spacial score (nSPS) is 10.6. The molecule has 106 valence electrons. The first-order valence-electron chi connectivity index (χ1n) is 6.12. The fraction of sp³-hybridized carbons (Fsp3) is 0.500. The number of rotatable bonds is 6. The number of ether oxygens (including phenoxy) is 2. The SMILES string of the molecule is COc1cc(C)c(C)cc1COCC(=O)NN(C)C. The van der Waals surface area contributed by atoms with Gasteiger partial charge in [-0.1, -0.05) is 0 Å². The second-order valence-electron chi connectivity index (χ2n) is 4.67. The molecule has 1 amide bonds. The van der Waals surface area contributed by atoms with E-state index in [1.807, 2.05) is 26.0 Å². The molecule has 1 rings (SSSR count). The van der Waals surface area contributed by atoms with Gasteiger partial charge in [-0.2, -0.15) is 0 Å². The number of amides is 1. The molecule has 0 saturated heterocycles. The molecular formula is C14H22N2O3. The first-order chi connectivity index (χ1) is 8.93. The van der Waals surface area contributed by atoms with Crippen LogP contribution in [-0.2, 0) is 16.1 Å². The summed E-state index contributed by atoms with van der Waals surface area (Å²) in [6.45, 7) is 4.45. The van der Waals surface area contributed by atoms with Crippen LogP contribution in [-0.4, -0.2) is 38.7 Å². The molecule has 0 heterocycles. The van der Waals surface area contributed by atoms with Gasteiger partial charge in [0.1, 0.15) is 12.4 Å². The topological polar surface area (TPSA) is 50.8 Å². The molecule has 0 spiro atoms. The van der Waals surface area contributed by atoms with Crippen LogP contribution < -0.4 is 10.2 Å². The number of methoxy groups -OCH3 is 1. The Kier molecular flexibility index (Phi) is 5.79. The standard InChI is InChI=1S/C14H22N2O3/c1-10-6-12(13(18-5)7-11(10)2)8-19-9-14(17)15-16(3)4/h6-7H,8-9H2,1-5H3,(H,15,17). The van der Waals surface area contributed by atoms with Crippen LogP contribution >= 0.6 is 0 Å². The lowest BCUT2D eigenvalue weighted by atomic mass is 10.1. The van der Waals surface area contributed by atoms with Gasteiger partial charge in [0, 0.05) is 19.7 Å². The summed E-state index contributed by atoms with van der Waals surface area (Å²) in [5.41, 5.74) is 5.91. The summed E-state index contributed by atoms with van der Waals surface area (Å²) in [4.78, 5) is 11.4. The summed E-state index contributed by atoms with van der Waals surface area (Å²) >= 11 is 0. The molecule has 0 saturated carbocycles.